The lowest BCUT2D eigenvalue weighted by molar-refractivity contribution is 0.239. The van der Waals surface area contributed by atoms with Crippen molar-refractivity contribution in [3.8, 4) is 5.75 Å². The fraction of sp³-hybridized carbons (Fsp3) is 0.600. The largest absolute Gasteiger partial charge is 0.490 e. The van der Waals surface area contributed by atoms with Gasteiger partial charge in [0.05, 0.1) is 0 Å². The van der Waals surface area contributed by atoms with E-state index in [-0.39, 0.29) is 0 Å². The van der Waals surface area contributed by atoms with Crippen molar-refractivity contribution in [2.75, 3.05) is 7.05 Å². The van der Waals surface area contributed by atoms with Gasteiger partial charge >= 0.3 is 0 Å². The molecule has 1 saturated carbocycles. The van der Waals surface area contributed by atoms with Crippen LogP contribution in [0.2, 0.25) is 0 Å². The summed E-state index contributed by atoms with van der Waals surface area (Å²) in [5.74, 6) is 1.92. The van der Waals surface area contributed by atoms with Gasteiger partial charge in [-0.05, 0) is 49.9 Å². The molecule has 2 nitrogen and oxygen atoms in total. The van der Waals surface area contributed by atoms with Crippen LogP contribution < -0.4 is 10.1 Å². The smallest absolute Gasteiger partial charge is 0.123 e. The number of fused-ring (bicyclic) bond motifs is 1. The molecule has 0 spiro atoms. The second-order valence-corrected chi connectivity index (χ2v) is 5.46. The predicted octanol–water partition coefficient (Wildman–Crippen LogP) is 3.07. The highest BCUT2D eigenvalue weighted by molar-refractivity contribution is 5.41. The summed E-state index contributed by atoms with van der Waals surface area (Å²) < 4.78 is 5.76. The van der Waals surface area contributed by atoms with Gasteiger partial charge in [-0.1, -0.05) is 18.6 Å². The maximum atomic E-state index is 5.76. The molecule has 0 bridgehead atoms. The van der Waals surface area contributed by atoms with E-state index in [0.717, 1.165) is 18.1 Å². The van der Waals surface area contributed by atoms with Crippen molar-refractivity contribution in [2.24, 2.45) is 5.92 Å². The first-order valence-corrected chi connectivity index (χ1v) is 6.74. The molecular weight excluding hydrogens is 210 g/mol. The van der Waals surface area contributed by atoms with E-state index in [1.165, 1.54) is 30.4 Å². The van der Waals surface area contributed by atoms with E-state index in [2.05, 4.69) is 37.5 Å². The van der Waals surface area contributed by atoms with Crippen molar-refractivity contribution in [1.82, 2.24) is 5.32 Å². The van der Waals surface area contributed by atoms with Gasteiger partial charge in [0.25, 0.3) is 0 Å². The molecule has 0 radical (unpaired) electrons. The molecule has 1 aliphatic carbocycles. The van der Waals surface area contributed by atoms with E-state index in [1.54, 1.807) is 0 Å². The summed E-state index contributed by atoms with van der Waals surface area (Å²) in [6.45, 7) is 2.14. The maximum absolute atomic E-state index is 5.76. The lowest BCUT2D eigenvalue weighted by atomic mass is 9.77. The average molecular weight is 231 g/mol. The minimum absolute atomic E-state index is 0.344. The molecule has 17 heavy (non-hydrogen) atoms. The average Bonchev–Trinajstić information content (AvgIpc) is 2.61. The van der Waals surface area contributed by atoms with Crippen LogP contribution in [-0.2, 0) is 6.42 Å². The van der Waals surface area contributed by atoms with Crippen LogP contribution in [0.5, 0.6) is 5.75 Å². The first-order valence-electron chi connectivity index (χ1n) is 6.74. The SMILES string of the molecule is CNC(c1ccc2c(c1)CC(C)O2)C1CCC1. The van der Waals surface area contributed by atoms with Gasteiger partial charge < -0.3 is 10.1 Å². The van der Waals surface area contributed by atoms with Crippen LogP contribution >= 0.6 is 0 Å². The number of hydrogen-bond donors (Lipinski definition) is 1. The molecule has 0 amide bonds. The van der Waals surface area contributed by atoms with Crippen LogP contribution in [0.3, 0.4) is 0 Å². The molecule has 1 aromatic carbocycles. The van der Waals surface area contributed by atoms with Crippen molar-refractivity contribution >= 4 is 0 Å². The van der Waals surface area contributed by atoms with Crippen molar-refractivity contribution in [1.29, 1.82) is 0 Å². The second-order valence-electron chi connectivity index (χ2n) is 5.46. The molecule has 1 aliphatic heterocycles. The van der Waals surface area contributed by atoms with Gasteiger partial charge in [0.1, 0.15) is 11.9 Å². The van der Waals surface area contributed by atoms with Crippen molar-refractivity contribution in [3.63, 3.8) is 0 Å². The van der Waals surface area contributed by atoms with E-state index in [0.29, 0.717) is 12.1 Å². The molecule has 2 unspecified atom stereocenters. The maximum Gasteiger partial charge on any atom is 0.123 e. The first-order chi connectivity index (χ1) is 8.28. The Bertz CT molecular complexity index is 411. The number of rotatable bonds is 3. The van der Waals surface area contributed by atoms with Crippen molar-refractivity contribution < 1.29 is 4.74 Å². The molecule has 1 fully saturated rings. The van der Waals surface area contributed by atoms with E-state index >= 15 is 0 Å². The Morgan fingerprint density at radius 1 is 1.35 bits per heavy atom. The zero-order valence-corrected chi connectivity index (χ0v) is 10.7. The zero-order valence-electron chi connectivity index (χ0n) is 10.7. The third-order valence-corrected chi connectivity index (χ3v) is 4.21. The summed E-state index contributed by atoms with van der Waals surface area (Å²) in [7, 11) is 2.08. The summed E-state index contributed by atoms with van der Waals surface area (Å²) in [4.78, 5) is 0. The van der Waals surface area contributed by atoms with Crippen LogP contribution in [0.1, 0.15) is 43.4 Å². The lowest BCUT2D eigenvalue weighted by Crippen LogP contribution is -2.29. The van der Waals surface area contributed by atoms with E-state index in [1.807, 2.05) is 0 Å². The molecule has 92 valence electrons. The lowest BCUT2D eigenvalue weighted by Gasteiger charge is -2.34. The van der Waals surface area contributed by atoms with Gasteiger partial charge in [-0.25, -0.2) is 0 Å². The normalized spacial score (nSPS) is 24.9. The van der Waals surface area contributed by atoms with Crippen LogP contribution in [0.4, 0.5) is 0 Å². The highest BCUT2D eigenvalue weighted by atomic mass is 16.5. The summed E-state index contributed by atoms with van der Waals surface area (Å²) in [6, 6.07) is 7.26. The molecule has 1 N–H and O–H groups in total. The molecule has 1 heterocycles. The zero-order chi connectivity index (χ0) is 11.8. The van der Waals surface area contributed by atoms with Gasteiger partial charge in [0, 0.05) is 12.5 Å². The van der Waals surface area contributed by atoms with Gasteiger partial charge in [-0.2, -0.15) is 0 Å². The Morgan fingerprint density at radius 2 is 2.18 bits per heavy atom. The number of benzene rings is 1. The van der Waals surface area contributed by atoms with E-state index in [9.17, 15) is 0 Å². The van der Waals surface area contributed by atoms with Gasteiger partial charge in [-0.15, -0.1) is 0 Å². The van der Waals surface area contributed by atoms with Gasteiger partial charge in [0.15, 0.2) is 0 Å². The standard InChI is InChI=1S/C15H21NO/c1-10-8-13-9-12(6-7-14(13)17-10)15(16-2)11-4-3-5-11/h6-7,9-11,15-16H,3-5,8H2,1-2H3. The minimum atomic E-state index is 0.344. The Kier molecular flexibility index (Phi) is 2.83. The Balaban J connectivity index is 1.85. The molecule has 2 aliphatic rings. The van der Waals surface area contributed by atoms with Gasteiger partial charge in [-0.3, -0.25) is 0 Å². The highest BCUT2D eigenvalue weighted by Gasteiger charge is 2.28. The summed E-state index contributed by atoms with van der Waals surface area (Å²) in [6.07, 6.45) is 5.54. The topological polar surface area (TPSA) is 21.3 Å². The third-order valence-electron chi connectivity index (χ3n) is 4.21. The number of ether oxygens (including phenoxy) is 1. The van der Waals surface area contributed by atoms with Crippen LogP contribution in [-0.4, -0.2) is 13.2 Å². The van der Waals surface area contributed by atoms with Crippen LogP contribution in [0.25, 0.3) is 0 Å². The molecule has 3 rings (SSSR count). The molecule has 1 aromatic rings. The fourth-order valence-corrected chi connectivity index (χ4v) is 3.08. The Hall–Kier alpha value is -1.02. The van der Waals surface area contributed by atoms with Crippen molar-refractivity contribution in [2.45, 2.75) is 44.8 Å². The predicted molar refractivity (Wildman–Crippen MR) is 69.4 cm³/mol. The Morgan fingerprint density at radius 3 is 2.82 bits per heavy atom. The quantitative estimate of drug-likeness (QED) is 0.863. The highest BCUT2D eigenvalue weighted by Crippen LogP contribution is 2.39. The Labute approximate surface area is 103 Å². The summed E-state index contributed by atoms with van der Waals surface area (Å²) in [5.41, 5.74) is 2.82. The van der Waals surface area contributed by atoms with E-state index < -0.39 is 0 Å². The molecule has 0 saturated heterocycles. The molecular formula is C15H21NO. The first kappa shape index (κ1) is 11.1. The second kappa shape index (κ2) is 4.34. The fourth-order valence-electron chi connectivity index (χ4n) is 3.08. The van der Waals surface area contributed by atoms with Crippen LogP contribution in [0, 0.1) is 5.92 Å². The summed E-state index contributed by atoms with van der Waals surface area (Å²) in [5, 5.41) is 3.48. The third kappa shape index (κ3) is 1.95. The van der Waals surface area contributed by atoms with Gasteiger partial charge in [0.2, 0.25) is 0 Å². The number of nitrogens with one attached hydrogen (secondary N) is 1. The minimum Gasteiger partial charge on any atom is -0.490 e. The molecule has 0 aromatic heterocycles. The summed E-state index contributed by atoms with van der Waals surface area (Å²) >= 11 is 0. The van der Waals surface area contributed by atoms with Crippen LogP contribution in [0.15, 0.2) is 18.2 Å². The van der Waals surface area contributed by atoms with Crippen molar-refractivity contribution in [3.05, 3.63) is 29.3 Å². The monoisotopic (exact) mass is 231 g/mol. The van der Waals surface area contributed by atoms with E-state index in [4.69, 9.17) is 4.74 Å². The molecule has 2 heteroatoms. The molecule has 2 atom stereocenters. The number of hydrogen-bond acceptors (Lipinski definition) is 2.